The van der Waals surface area contributed by atoms with Crippen LogP contribution in [0.3, 0.4) is 0 Å². The molecule has 1 aliphatic heterocycles. The summed E-state index contributed by atoms with van der Waals surface area (Å²) in [5.74, 6) is 0.673. The average molecular weight is 284 g/mol. The predicted octanol–water partition coefficient (Wildman–Crippen LogP) is 2.24. The van der Waals surface area contributed by atoms with E-state index in [1.54, 1.807) is 0 Å². The molecule has 1 aliphatic carbocycles. The zero-order valence-corrected chi connectivity index (χ0v) is 13.3. The summed E-state index contributed by atoms with van der Waals surface area (Å²) >= 11 is 0. The summed E-state index contributed by atoms with van der Waals surface area (Å²) in [6, 6.07) is 0. The van der Waals surface area contributed by atoms with Crippen molar-refractivity contribution in [3.8, 4) is 0 Å². The van der Waals surface area contributed by atoms with Gasteiger partial charge in [-0.3, -0.25) is 0 Å². The van der Waals surface area contributed by atoms with Crippen molar-refractivity contribution in [2.75, 3.05) is 46.4 Å². The lowest BCUT2D eigenvalue weighted by molar-refractivity contribution is -0.182. The number of hydrogen-bond acceptors (Lipinski definition) is 4. The topological polar surface area (TPSA) is 33.7 Å². The van der Waals surface area contributed by atoms with Crippen LogP contribution in [0.25, 0.3) is 0 Å². The van der Waals surface area contributed by atoms with Gasteiger partial charge >= 0.3 is 0 Å². The maximum Gasteiger partial charge on any atom is 0.168 e. The summed E-state index contributed by atoms with van der Waals surface area (Å²) in [5, 5.41) is 3.46. The molecule has 0 radical (unpaired) electrons. The molecule has 4 heteroatoms. The summed E-state index contributed by atoms with van der Waals surface area (Å²) in [6.07, 6.45) is 7.26. The lowest BCUT2D eigenvalue weighted by atomic mass is 9.83. The van der Waals surface area contributed by atoms with Gasteiger partial charge in [0.15, 0.2) is 5.79 Å². The Morgan fingerprint density at radius 3 is 2.45 bits per heavy atom. The number of likely N-dealkylation sites (N-methyl/N-ethyl adjacent to an activating group) is 1. The van der Waals surface area contributed by atoms with Crippen LogP contribution in [0.2, 0.25) is 0 Å². The van der Waals surface area contributed by atoms with E-state index in [4.69, 9.17) is 9.47 Å². The smallest absolute Gasteiger partial charge is 0.168 e. The highest BCUT2D eigenvalue weighted by molar-refractivity contribution is 4.82. The van der Waals surface area contributed by atoms with Crippen LogP contribution in [0.15, 0.2) is 0 Å². The van der Waals surface area contributed by atoms with Crippen LogP contribution >= 0.6 is 0 Å². The van der Waals surface area contributed by atoms with Gasteiger partial charge in [0.2, 0.25) is 0 Å². The van der Waals surface area contributed by atoms with Crippen LogP contribution in [-0.2, 0) is 9.47 Å². The highest BCUT2D eigenvalue weighted by atomic mass is 16.7. The van der Waals surface area contributed by atoms with E-state index in [1.165, 1.54) is 32.2 Å². The van der Waals surface area contributed by atoms with Crippen molar-refractivity contribution in [2.45, 2.75) is 51.2 Å². The molecule has 0 bridgehead atoms. The van der Waals surface area contributed by atoms with Crippen molar-refractivity contribution in [1.29, 1.82) is 0 Å². The number of nitrogens with one attached hydrogen (secondary N) is 1. The van der Waals surface area contributed by atoms with Gasteiger partial charge in [0.1, 0.15) is 0 Å². The van der Waals surface area contributed by atoms with E-state index in [0.717, 1.165) is 51.6 Å². The third-order valence-electron chi connectivity index (χ3n) is 4.70. The molecule has 4 nitrogen and oxygen atoms in total. The fourth-order valence-corrected chi connectivity index (χ4v) is 3.28. The predicted molar refractivity (Wildman–Crippen MR) is 81.9 cm³/mol. The zero-order chi connectivity index (χ0) is 14.3. The molecule has 2 rings (SSSR count). The molecule has 20 heavy (non-hydrogen) atoms. The highest BCUT2D eigenvalue weighted by Crippen LogP contribution is 2.39. The van der Waals surface area contributed by atoms with Crippen molar-refractivity contribution in [2.24, 2.45) is 5.92 Å². The van der Waals surface area contributed by atoms with Crippen LogP contribution in [0.4, 0.5) is 0 Å². The Labute approximate surface area is 124 Å². The first-order chi connectivity index (χ1) is 9.74. The van der Waals surface area contributed by atoms with E-state index in [-0.39, 0.29) is 5.79 Å². The van der Waals surface area contributed by atoms with Gasteiger partial charge < -0.3 is 19.7 Å². The Kier molecular flexibility index (Phi) is 6.75. The van der Waals surface area contributed by atoms with Gasteiger partial charge in [-0.1, -0.05) is 6.92 Å². The molecule has 0 unspecified atom stereocenters. The molecule has 0 amide bonds. The van der Waals surface area contributed by atoms with E-state index in [9.17, 15) is 0 Å². The number of rotatable bonds is 8. The number of nitrogens with zero attached hydrogens (tertiary/aromatic N) is 1. The average Bonchev–Trinajstić information content (AvgIpc) is 2.91. The van der Waals surface area contributed by atoms with Crippen LogP contribution < -0.4 is 5.32 Å². The molecule has 1 heterocycles. The van der Waals surface area contributed by atoms with E-state index in [1.807, 2.05) is 0 Å². The van der Waals surface area contributed by atoms with Crippen molar-refractivity contribution in [3.63, 3.8) is 0 Å². The van der Waals surface area contributed by atoms with Gasteiger partial charge in [0.25, 0.3) is 0 Å². The second-order valence-electron chi connectivity index (χ2n) is 6.39. The van der Waals surface area contributed by atoms with Gasteiger partial charge in [0, 0.05) is 25.9 Å². The Morgan fingerprint density at radius 2 is 1.80 bits per heavy atom. The summed E-state index contributed by atoms with van der Waals surface area (Å²) in [7, 11) is 2.24. The number of hydrogen-bond donors (Lipinski definition) is 1. The third kappa shape index (κ3) is 4.99. The summed E-state index contributed by atoms with van der Waals surface area (Å²) < 4.78 is 11.6. The van der Waals surface area contributed by atoms with Crippen molar-refractivity contribution >= 4 is 0 Å². The maximum atomic E-state index is 5.79. The molecule has 118 valence electrons. The van der Waals surface area contributed by atoms with Gasteiger partial charge in [-0.2, -0.15) is 0 Å². The minimum atomic E-state index is -0.188. The van der Waals surface area contributed by atoms with E-state index in [0.29, 0.717) is 0 Å². The first-order valence-corrected chi connectivity index (χ1v) is 8.41. The monoisotopic (exact) mass is 284 g/mol. The quantitative estimate of drug-likeness (QED) is 0.693. The van der Waals surface area contributed by atoms with Gasteiger partial charge in [0.05, 0.1) is 13.2 Å². The Hall–Kier alpha value is -0.160. The van der Waals surface area contributed by atoms with Crippen molar-refractivity contribution in [3.05, 3.63) is 0 Å². The summed E-state index contributed by atoms with van der Waals surface area (Å²) in [6.45, 7) is 8.41. The fourth-order valence-electron chi connectivity index (χ4n) is 3.28. The Balaban J connectivity index is 1.54. The zero-order valence-electron chi connectivity index (χ0n) is 13.3. The van der Waals surface area contributed by atoms with Crippen LogP contribution in [0.5, 0.6) is 0 Å². The molecule has 0 atom stereocenters. The third-order valence-corrected chi connectivity index (χ3v) is 4.70. The summed E-state index contributed by atoms with van der Waals surface area (Å²) in [4.78, 5) is 2.45. The lowest BCUT2D eigenvalue weighted by Crippen LogP contribution is -2.36. The number of ether oxygens (including phenoxy) is 2. The molecule has 0 aromatic carbocycles. The molecule has 0 aromatic heterocycles. The van der Waals surface area contributed by atoms with Gasteiger partial charge in [-0.15, -0.1) is 0 Å². The SMILES string of the molecule is CCCNCCN(C)CCC1CCC2(CC1)OCCO2. The first kappa shape index (κ1) is 16.2. The minimum absolute atomic E-state index is 0.188. The molecular formula is C16H32N2O2. The fraction of sp³-hybridized carbons (Fsp3) is 1.00. The molecule has 2 aliphatic rings. The van der Waals surface area contributed by atoms with Gasteiger partial charge in [-0.25, -0.2) is 0 Å². The van der Waals surface area contributed by atoms with Crippen LogP contribution in [-0.4, -0.2) is 57.1 Å². The highest BCUT2D eigenvalue weighted by Gasteiger charge is 2.39. The van der Waals surface area contributed by atoms with Crippen molar-refractivity contribution < 1.29 is 9.47 Å². The Bertz CT molecular complexity index is 257. The van der Waals surface area contributed by atoms with E-state index in [2.05, 4.69) is 24.2 Å². The standard InChI is InChI=1S/C16H32N2O2/c1-3-9-17-10-12-18(2)11-6-15-4-7-16(8-5-15)19-13-14-20-16/h15,17H,3-14H2,1-2H3. The van der Waals surface area contributed by atoms with Crippen molar-refractivity contribution in [1.82, 2.24) is 10.2 Å². The second-order valence-corrected chi connectivity index (χ2v) is 6.39. The Morgan fingerprint density at radius 1 is 1.10 bits per heavy atom. The molecule has 1 saturated heterocycles. The van der Waals surface area contributed by atoms with E-state index < -0.39 is 0 Å². The minimum Gasteiger partial charge on any atom is -0.348 e. The van der Waals surface area contributed by atoms with Crippen LogP contribution in [0, 0.1) is 5.92 Å². The molecule has 1 saturated carbocycles. The molecule has 0 aromatic rings. The first-order valence-electron chi connectivity index (χ1n) is 8.41. The maximum absolute atomic E-state index is 5.79. The van der Waals surface area contributed by atoms with Crippen LogP contribution in [0.1, 0.15) is 45.4 Å². The van der Waals surface area contributed by atoms with Gasteiger partial charge in [-0.05, 0) is 51.7 Å². The molecule has 1 spiro atoms. The van der Waals surface area contributed by atoms with E-state index >= 15 is 0 Å². The summed E-state index contributed by atoms with van der Waals surface area (Å²) in [5.41, 5.74) is 0. The molecular weight excluding hydrogens is 252 g/mol. The molecule has 2 fully saturated rings. The lowest BCUT2D eigenvalue weighted by Gasteiger charge is -2.35. The molecule has 1 N–H and O–H groups in total. The normalized spacial score (nSPS) is 22.9. The second kappa shape index (κ2) is 8.32. The largest absolute Gasteiger partial charge is 0.348 e.